The number of carbonyl (C=O) groups excluding carboxylic acids is 1. The molecule has 0 spiro atoms. The summed E-state index contributed by atoms with van der Waals surface area (Å²) >= 11 is 0. The van der Waals surface area contributed by atoms with Gasteiger partial charge in [0.2, 0.25) is 0 Å². The molecule has 0 aromatic heterocycles. The minimum Gasteiger partial charge on any atom is -0.489 e. The van der Waals surface area contributed by atoms with Crippen LogP contribution in [0.3, 0.4) is 0 Å². The first kappa shape index (κ1) is 24.1. The highest BCUT2D eigenvalue weighted by Crippen LogP contribution is 2.44. The van der Waals surface area contributed by atoms with Gasteiger partial charge in [0.25, 0.3) is 0 Å². The number of aliphatic carboxylic acids is 1. The summed E-state index contributed by atoms with van der Waals surface area (Å²) in [6, 6.07) is 32.0. The van der Waals surface area contributed by atoms with Crippen molar-refractivity contribution in [1.29, 1.82) is 0 Å². The first-order chi connectivity index (χ1) is 18.1. The van der Waals surface area contributed by atoms with Crippen LogP contribution in [0.1, 0.15) is 28.2 Å². The Bertz CT molecular complexity index is 1340. The molecule has 37 heavy (non-hydrogen) atoms. The van der Waals surface area contributed by atoms with E-state index in [1.807, 2.05) is 66.7 Å². The van der Waals surface area contributed by atoms with Crippen molar-refractivity contribution >= 4 is 12.1 Å². The van der Waals surface area contributed by atoms with Crippen LogP contribution in [0.25, 0.3) is 11.1 Å². The maximum Gasteiger partial charge on any atom is 0.407 e. The van der Waals surface area contributed by atoms with Gasteiger partial charge in [0, 0.05) is 12.3 Å². The Morgan fingerprint density at radius 2 is 1.35 bits per heavy atom. The van der Waals surface area contributed by atoms with E-state index >= 15 is 0 Å². The normalized spacial score (nSPS) is 12.8. The number of carboxylic acids is 1. The number of benzene rings is 4. The van der Waals surface area contributed by atoms with Crippen LogP contribution < -0.4 is 10.1 Å². The van der Waals surface area contributed by atoms with Crippen LogP contribution in [-0.4, -0.2) is 29.8 Å². The summed E-state index contributed by atoms with van der Waals surface area (Å²) in [7, 11) is 0. The predicted molar refractivity (Wildman–Crippen MR) is 141 cm³/mol. The average Bonchev–Trinajstić information content (AvgIpc) is 3.25. The lowest BCUT2D eigenvalue weighted by molar-refractivity contribution is -0.139. The number of hydrogen-bond donors (Lipinski definition) is 2. The van der Waals surface area contributed by atoms with Crippen molar-refractivity contribution in [2.75, 3.05) is 6.61 Å². The summed E-state index contributed by atoms with van der Waals surface area (Å²) in [5.41, 5.74) is 6.28. The SMILES string of the molecule is O=C(N[C@@H](Cc1ccc(OCc2ccccc2)cc1)C(=O)O)OCC1c2ccccc2-c2ccccc21. The molecule has 0 unspecified atom stereocenters. The van der Waals surface area contributed by atoms with Crippen LogP contribution >= 0.6 is 0 Å². The highest BCUT2D eigenvalue weighted by Gasteiger charge is 2.29. The molecule has 0 heterocycles. The van der Waals surface area contributed by atoms with Crippen LogP contribution in [-0.2, 0) is 22.6 Å². The molecule has 0 radical (unpaired) electrons. The predicted octanol–water partition coefficient (Wildman–Crippen LogP) is 5.80. The molecule has 6 heteroatoms. The molecule has 0 bridgehead atoms. The van der Waals surface area contributed by atoms with Gasteiger partial charge in [-0.25, -0.2) is 9.59 Å². The third-order valence-electron chi connectivity index (χ3n) is 6.55. The Labute approximate surface area is 215 Å². The molecule has 4 aromatic carbocycles. The van der Waals surface area contributed by atoms with Crippen molar-refractivity contribution in [3.8, 4) is 16.9 Å². The number of hydrogen-bond acceptors (Lipinski definition) is 4. The van der Waals surface area contributed by atoms with E-state index in [4.69, 9.17) is 9.47 Å². The number of rotatable bonds is 9. The molecule has 2 N–H and O–H groups in total. The minimum atomic E-state index is -1.13. The van der Waals surface area contributed by atoms with E-state index in [1.54, 1.807) is 24.3 Å². The lowest BCUT2D eigenvalue weighted by Gasteiger charge is -2.17. The van der Waals surface area contributed by atoms with Gasteiger partial charge in [-0.05, 0) is 45.5 Å². The number of carboxylic acid groups (broad SMARTS) is 1. The number of nitrogens with one attached hydrogen (secondary N) is 1. The Morgan fingerprint density at radius 1 is 0.757 bits per heavy atom. The Hall–Kier alpha value is -4.58. The molecule has 4 aromatic rings. The van der Waals surface area contributed by atoms with Gasteiger partial charge >= 0.3 is 12.1 Å². The molecule has 0 saturated heterocycles. The summed E-state index contributed by atoms with van der Waals surface area (Å²) in [5.74, 6) is -0.535. The first-order valence-corrected chi connectivity index (χ1v) is 12.2. The monoisotopic (exact) mass is 493 g/mol. The van der Waals surface area contributed by atoms with Gasteiger partial charge < -0.3 is 19.9 Å². The van der Waals surface area contributed by atoms with E-state index in [-0.39, 0.29) is 18.9 Å². The lowest BCUT2D eigenvalue weighted by atomic mass is 9.98. The van der Waals surface area contributed by atoms with Crippen LogP contribution in [0.5, 0.6) is 5.75 Å². The van der Waals surface area contributed by atoms with Crippen molar-refractivity contribution in [1.82, 2.24) is 5.32 Å². The second-order valence-electron chi connectivity index (χ2n) is 8.98. The van der Waals surface area contributed by atoms with E-state index in [1.165, 1.54) is 0 Å². The highest BCUT2D eigenvalue weighted by atomic mass is 16.5. The minimum absolute atomic E-state index is 0.0927. The van der Waals surface area contributed by atoms with Gasteiger partial charge in [-0.2, -0.15) is 0 Å². The molecule has 0 saturated carbocycles. The maximum atomic E-state index is 12.6. The largest absolute Gasteiger partial charge is 0.489 e. The topological polar surface area (TPSA) is 84.9 Å². The molecular formula is C31H27NO5. The molecule has 1 aliphatic carbocycles. The summed E-state index contributed by atoms with van der Waals surface area (Å²) < 4.78 is 11.3. The van der Waals surface area contributed by atoms with E-state index in [0.29, 0.717) is 12.4 Å². The van der Waals surface area contributed by atoms with Gasteiger partial charge in [0.05, 0.1) is 0 Å². The fourth-order valence-electron chi connectivity index (χ4n) is 4.68. The van der Waals surface area contributed by atoms with Gasteiger partial charge in [0.1, 0.15) is 25.0 Å². The fraction of sp³-hybridized carbons (Fsp3) is 0.161. The summed E-state index contributed by atoms with van der Waals surface area (Å²) in [5, 5.41) is 12.2. The average molecular weight is 494 g/mol. The second kappa shape index (κ2) is 11.0. The quantitative estimate of drug-likeness (QED) is 0.308. The van der Waals surface area contributed by atoms with Crippen molar-refractivity contribution < 1.29 is 24.2 Å². The molecule has 0 fully saturated rings. The van der Waals surface area contributed by atoms with Crippen LogP contribution in [0.2, 0.25) is 0 Å². The molecule has 186 valence electrons. The molecule has 0 aliphatic heterocycles. The van der Waals surface area contributed by atoms with Gasteiger partial charge in [-0.1, -0.05) is 91.0 Å². The molecule has 6 nitrogen and oxygen atoms in total. The molecule has 1 aliphatic rings. The molecule has 5 rings (SSSR count). The van der Waals surface area contributed by atoms with Crippen molar-refractivity contribution in [2.45, 2.75) is 25.0 Å². The number of alkyl carbamates (subject to hydrolysis) is 1. The lowest BCUT2D eigenvalue weighted by Crippen LogP contribution is -2.42. The second-order valence-corrected chi connectivity index (χ2v) is 8.98. The van der Waals surface area contributed by atoms with Gasteiger partial charge in [-0.15, -0.1) is 0 Å². The number of amides is 1. The highest BCUT2D eigenvalue weighted by molar-refractivity contribution is 5.81. The summed E-state index contributed by atoms with van der Waals surface area (Å²) in [6.45, 7) is 0.570. The number of ether oxygens (including phenoxy) is 2. The Balaban J connectivity index is 1.17. The molecular weight excluding hydrogens is 466 g/mol. The number of carbonyl (C=O) groups is 2. The van der Waals surface area contributed by atoms with Crippen LogP contribution in [0.4, 0.5) is 4.79 Å². The molecule has 1 amide bonds. The first-order valence-electron chi connectivity index (χ1n) is 12.2. The summed E-state index contributed by atoms with van der Waals surface area (Å²) in [4.78, 5) is 24.4. The number of fused-ring (bicyclic) bond motifs is 3. The van der Waals surface area contributed by atoms with Crippen LogP contribution in [0.15, 0.2) is 103 Å². The smallest absolute Gasteiger partial charge is 0.407 e. The summed E-state index contributed by atoms with van der Waals surface area (Å²) in [6.07, 6.45) is -0.629. The van der Waals surface area contributed by atoms with Gasteiger partial charge in [0.15, 0.2) is 0 Å². The Morgan fingerprint density at radius 3 is 1.97 bits per heavy atom. The third-order valence-corrected chi connectivity index (χ3v) is 6.55. The van der Waals surface area contributed by atoms with Crippen molar-refractivity contribution in [2.24, 2.45) is 0 Å². The third kappa shape index (κ3) is 5.64. The van der Waals surface area contributed by atoms with E-state index in [0.717, 1.165) is 33.4 Å². The van der Waals surface area contributed by atoms with E-state index in [9.17, 15) is 14.7 Å². The molecule has 1 atom stereocenters. The zero-order valence-corrected chi connectivity index (χ0v) is 20.2. The van der Waals surface area contributed by atoms with E-state index < -0.39 is 18.1 Å². The zero-order valence-electron chi connectivity index (χ0n) is 20.2. The van der Waals surface area contributed by atoms with Crippen molar-refractivity contribution in [3.05, 3.63) is 125 Å². The zero-order chi connectivity index (χ0) is 25.6. The Kier molecular flexibility index (Phi) is 7.17. The van der Waals surface area contributed by atoms with E-state index in [2.05, 4.69) is 17.4 Å². The fourth-order valence-corrected chi connectivity index (χ4v) is 4.68. The van der Waals surface area contributed by atoms with Crippen LogP contribution in [0, 0.1) is 0 Å². The van der Waals surface area contributed by atoms with Gasteiger partial charge in [-0.3, -0.25) is 0 Å². The maximum absolute atomic E-state index is 12.6. The van der Waals surface area contributed by atoms with Crippen molar-refractivity contribution in [3.63, 3.8) is 0 Å². The standard InChI is InChI=1S/C31H27NO5/c33-30(34)29(18-21-14-16-23(17-15-21)36-19-22-8-2-1-3-9-22)32-31(35)37-20-28-26-12-6-4-10-24(26)25-11-5-7-13-27(25)28/h1-17,28-29H,18-20H2,(H,32,35)(H,33,34)/t29-/m0/s1.